The first-order valence-electron chi connectivity index (χ1n) is 5.52. The van der Waals surface area contributed by atoms with Gasteiger partial charge in [-0.2, -0.15) is 0 Å². The molecule has 0 aliphatic heterocycles. The lowest BCUT2D eigenvalue weighted by Gasteiger charge is -2.16. The van der Waals surface area contributed by atoms with Gasteiger partial charge in [-0.1, -0.05) is 12.1 Å². The summed E-state index contributed by atoms with van der Waals surface area (Å²) in [6.07, 6.45) is 2.10. The summed E-state index contributed by atoms with van der Waals surface area (Å²) < 4.78 is 0. The molecule has 1 atom stereocenters. The van der Waals surface area contributed by atoms with Gasteiger partial charge in [0.25, 0.3) is 0 Å². The molecule has 1 aromatic heterocycles. The molecule has 0 saturated carbocycles. The molecule has 90 valence electrons. The fraction of sp³-hybridized carbons (Fsp3) is 0.308. The van der Waals surface area contributed by atoms with Crippen molar-refractivity contribution in [2.24, 2.45) is 0 Å². The highest BCUT2D eigenvalue weighted by Crippen LogP contribution is 2.30. The van der Waals surface area contributed by atoms with Crippen LogP contribution < -0.4 is 5.32 Å². The third kappa shape index (κ3) is 2.82. The van der Waals surface area contributed by atoms with Gasteiger partial charge in [-0.15, -0.1) is 23.1 Å². The summed E-state index contributed by atoms with van der Waals surface area (Å²) in [5.74, 6) is 0. The number of nitrogens with one attached hydrogen (secondary N) is 1. The van der Waals surface area contributed by atoms with Crippen LogP contribution in [-0.4, -0.2) is 11.2 Å². The molecule has 1 heterocycles. The number of thiazole rings is 1. The van der Waals surface area contributed by atoms with E-state index in [0.717, 1.165) is 5.69 Å². The second kappa shape index (κ2) is 5.56. The molecule has 0 bridgehead atoms. The Morgan fingerprint density at radius 3 is 2.76 bits per heavy atom. The second-order valence-electron chi connectivity index (χ2n) is 3.87. The van der Waals surface area contributed by atoms with Crippen molar-refractivity contribution in [2.45, 2.75) is 24.8 Å². The van der Waals surface area contributed by atoms with Crippen molar-refractivity contribution < 1.29 is 0 Å². The van der Waals surface area contributed by atoms with E-state index in [1.807, 2.05) is 5.51 Å². The lowest BCUT2D eigenvalue weighted by molar-refractivity contribution is 0.885. The molecular formula is C13H16N2S2. The normalized spacial score (nSPS) is 12.4. The number of aromatic nitrogens is 1. The summed E-state index contributed by atoms with van der Waals surface area (Å²) in [7, 11) is 0. The van der Waals surface area contributed by atoms with Crippen molar-refractivity contribution in [1.82, 2.24) is 4.98 Å². The Kier molecular flexibility index (Phi) is 4.07. The van der Waals surface area contributed by atoms with Gasteiger partial charge in [-0.3, -0.25) is 0 Å². The topological polar surface area (TPSA) is 24.9 Å². The van der Waals surface area contributed by atoms with Crippen molar-refractivity contribution in [3.05, 3.63) is 40.3 Å². The molecule has 0 radical (unpaired) electrons. The summed E-state index contributed by atoms with van der Waals surface area (Å²) in [6, 6.07) is 8.70. The van der Waals surface area contributed by atoms with E-state index in [-0.39, 0.29) is 0 Å². The highest BCUT2D eigenvalue weighted by Gasteiger charge is 2.12. The Hall–Kier alpha value is -1.00. The van der Waals surface area contributed by atoms with Crippen LogP contribution in [0.25, 0.3) is 0 Å². The van der Waals surface area contributed by atoms with Crippen LogP contribution in [0.3, 0.4) is 0 Å². The average Bonchev–Trinajstić information content (AvgIpc) is 2.76. The molecule has 1 N–H and O–H groups in total. The van der Waals surface area contributed by atoms with Crippen LogP contribution in [0.15, 0.2) is 34.7 Å². The lowest BCUT2D eigenvalue weighted by Crippen LogP contribution is -2.07. The van der Waals surface area contributed by atoms with Gasteiger partial charge < -0.3 is 5.32 Å². The van der Waals surface area contributed by atoms with Crippen LogP contribution in [0.5, 0.6) is 0 Å². The average molecular weight is 264 g/mol. The monoisotopic (exact) mass is 264 g/mol. The van der Waals surface area contributed by atoms with Gasteiger partial charge in [0.15, 0.2) is 0 Å². The number of para-hydroxylation sites is 1. The minimum Gasteiger partial charge on any atom is -0.377 e. The molecule has 1 unspecified atom stereocenters. The zero-order valence-corrected chi connectivity index (χ0v) is 11.9. The van der Waals surface area contributed by atoms with Gasteiger partial charge in [0.05, 0.1) is 17.2 Å². The fourth-order valence-electron chi connectivity index (χ4n) is 1.79. The van der Waals surface area contributed by atoms with Crippen LogP contribution in [0.4, 0.5) is 5.69 Å². The quantitative estimate of drug-likeness (QED) is 0.831. The SMILES string of the molecule is CSc1ccccc1NC(C)c1scnc1C. The molecule has 2 rings (SSSR count). The number of nitrogens with zero attached hydrogens (tertiary/aromatic N) is 1. The standard InChI is InChI=1S/C13H16N2S2/c1-9-13(17-8-14-9)10(2)15-11-6-4-5-7-12(11)16-3/h4-8,10,15H,1-3H3. The Morgan fingerprint density at radius 2 is 2.12 bits per heavy atom. The van der Waals surface area contributed by atoms with Crippen molar-refractivity contribution in [1.29, 1.82) is 0 Å². The number of thioether (sulfide) groups is 1. The van der Waals surface area contributed by atoms with Crippen molar-refractivity contribution >= 4 is 28.8 Å². The summed E-state index contributed by atoms with van der Waals surface area (Å²) in [5, 5.41) is 3.55. The zero-order chi connectivity index (χ0) is 12.3. The fourth-order valence-corrected chi connectivity index (χ4v) is 3.16. The maximum Gasteiger partial charge on any atom is 0.0798 e. The molecule has 1 aromatic carbocycles. The number of aryl methyl sites for hydroxylation is 1. The van der Waals surface area contributed by atoms with E-state index in [4.69, 9.17) is 0 Å². The summed E-state index contributed by atoms with van der Waals surface area (Å²) in [5.41, 5.74) is 4.22. The van der Waals surface area contributed by atoms with Gasteiger partial charge in [0.1, 0.15) is 0 Å². The summed E-state index contributed by atoms with van der Waals surface area (Å²) in [4.78, 5) is 6.88. The highest BCUT2D eigenvalue weighted by atomic mass is 32.2. The van der Waals surface area contributed by atoms with Gasteiger partial charge in [0.2, 0.25) is 0 Å². The van der Waals surface area contributed by atoms with E-state index in [9.17, 15) is 0 Å². The molecule has 0 amide bonds. The Labute approximate surface area is 110 Å². The first kappa shape index (κ1) is 12.5. The van der Waals surface area contributed by atoms with E-state index in [1.165, 1.54) is 15.5 Å². The van der Waals surface area contributed by atoms with Crippen molar-refractivity contribution in [3.8, 4) is 0 Å². The minimum absolute atomic E-state index is 0.302. The van der Waals surface area contributed by atoms with E-state index in [0.29, 0.717) is 6.04 Å². The van der Waals surface area contributed by atoms with E-state index in [2.05, 4.69) is 54.7 Å². The molecule has 0 saturated heterocycles. The third-order valence-corrected chi connectivity index (χ3v) is 4.56. The molecular weight excluding hydrogens is 248 g/mol. The molecule has 0 fully saturated rings. The smallest absolute Gasteiger partial charge is 0.0798 e. The number of rotatable bonds is 4. The van der Waals surface area contributed by atoms with Crippen LogP contribution in [0, 0.1) is 6.92 Å². The zero-order valence-electron chi connectivity index (χ0n) is 10.2. The van der Waals surface area contributed by atoms with E-state index < -0.39 is 0 Å². The van der Waals surface area contributed by atoms with Crippen LogP contribution in [0.2, 0.25) is 0 Å². The predicted molar refractivity (Wildman–Crippen MR) is 77.1 cm³/mol. The molecule has 2 aromatic rings. The molecule has 0 aliphatic rings. The molecule has 0 aliphatic carbocycles. The second-order valence-corrected chi connectivity index (χ2v) is 5.60. The van der Waals surface area contributed by atoms with Gasteiger partial charge in [-0.25, -0.2) is 4.98 Å². The lowest BCUT2D eigenvalue weighted by atomic mass is 10.2. The van der Waals surface area contributed by atoms with Gasteiger partial charge >= 0.3 is 0 Å². The summed E-state index contributed by atoms with van der Waals surface area (Å²) in [6.45, 7) is 4.24. The van der Waals surface area contributed by atoms with E-state index >= 15 is 0 Å². The van der Waals surface area contributed by atoms with Crippen LogP contribution in [0.1, 0.15) is 23.5 Å². The third-order valence-electron chi connectivity index (χ3n) is 2.65. The molecule has 0 spiro atoms. The largest absolute Gasteiger partial charge is 0.377 e. The Morgan fingerprint density at radius 1 is 1.35 bits per heavy atom. The van der Waals surface area contributed by atoms with Crippen molar-refractivity contribution in [2.75, 3.05) is 11.6 Å². The molecule has 2 nitrogen and oxygen atoms in total. The number of hydrogen-bond acceptors (Lipinski definition) is 4. The maximum atomic E-state index is 4.30. The molecule has 17 heavy (non-hydrogen) atoms. The van der Waals surface area contributed by atoms with Gasteiger partial charge in [-0.05, 0) is 32.2 Å². The summed E-state index contributed by atoms with van der Waals surface area (Å²) >= 11 is 3.47. The first-order chi connectivity index (χ1) is 8.22. The van der Waals surface area contributed by atoms with Crippen molar-refractivity contribution in [3.63, 3.8) is 0 Å². The Bertz CT molecular complexity index is 494. The van der Waals surface area contributed by atoms with Crippen LogP contribution >= 0.6 is 23.1 Å². The molecule has 4 heteroatoms. The first-order valence-corrected chi connectivity index (χ1v) is 7.62. The highest BCUT2D eigenvalue weighted by molar-refractivity contribution is 7.98. The van der Waals surface area contributed by atoms with Crippen LogP contribution in [-0.2, 0) is 0 Å². The van der Waals surface area contributed by atoms with E-state index in [1.54, 1.807) is 23.1 Å². The maximum absolute atomic E-state index is 4.30. The predicted octanol–water partition coefficient (Wildman–Crippen LogP) is 4.35. The minimum atomic E-state index is 0.302. The van der Waals surface area contributed by atoms with Gasteiger partial charge in [0, 0.05) is 15.5 Å². The Balaban J connectivity index is 2.18. The number of benzene rings is 1. The number of hydrogen-bond donors (Lipinski definition) is 1. The number of anilines is 1.